The lowest BCUT2D eigenvalue weighted by atomic mass is 9.95. The number of rotatable bonds is 4. The van der Waals surface area contributed by atoms with E-state index >= 15 is 0 Å². The van der Waals surface area contributed by atoms with Crippen LogP contribution in [0.3, 0.4) is 0 Å². The number of halogens is 1. The highest BCUT2D eigenvalue weighted by Crippen LogP contribution is 2.36. The minimum absolute atomic E-state index is 0.596. The molecule has 1 aromatic heterocycles. The van der Waals surface area contributed by atoms with E-state index in [9.17, 15) is 0 Å². The highest BCUT2D eigenvalue weighted by molar-refractivity contribution is 9.10. The lowest BCUT2D eigenvalue weighted by Gasteiger charge is -2.37. The van der Waals surface area contributed by atoms with E-state index in [1.807, 2.05) is 11.3 Å². The second-order valence-electron chi connectivity index (χ2n) is 4.78. The molecule has 2 atom stereocenters. The zero-order valence-corrected chi connectivity index (χ0v) is 13.0. The van der Waals surface area contributed by atoms with E-state index < -0.39 is 0 Å². The van der Waals surface area contributed by atoms with Crippen LogP contribution in [-0.4, -0.2) is 31.1 Å². The molecule has 1 unspecified atom stereocenters. The summed E-state index contributed by atoms with van der Waals surface area (Å²) in [7, 11) is 0. The van der Waals surface area contributed by atoms with Crippen molar-refractivity contribution < 1.29 is 0 Å². The highest BCUT2D eigenvalue weighted by Gasteiger charge is 2.27. The van der Waals surface area contributed by atoms with E-state index in [2.05, 4.69) is 51.4 Å². The first-order valence-corrected chi connectivity index (χ1v) is 8.08. The Morgan fingerprint density at radius 1 is 1.47 bits per heavy atom. The van der Waals surface area contributed by atoms with E-state index in [1.165, 1.54) is 28.9 Å². The van der Waals surface area contributed by atoms with Crippen molar-refractivity contribution in [2.45, 2.75) is 26.3 Å². The van der Waals surface area contributed by atoms with Gasteiger partial charge in [-0.1, -0.05) is 20.3 Å². The van der Waals surface area contributed by atoms with Crippen LogP contribution < -0.4 is 5.32 Å². The average molecular weight is 317 g/mol. The molecule has 96 valence electrons. The number of thiophene rings is 1. The summed E-state index contributed by atoms with van der Waals surface area (Å²) in [5.41, 5.74) is 0. The first kappa shape index (κ1) is 13.5. The van der Waals surface area contributed by atoms with Gasteiger partial charge in [0.1, 0.15) is 0 Å². The summed E-state index contributed by atoms with van der Waals surface area (Å²) in [4.78, 5) is 4.15. The van der Waals surface area contributed by atoms with Crippen LogP contribution in [0.5, 0.6) is 0 Å². The fraction of sp³-hybridized carbons (Fsp3) is 0.692. The van der Waals surface area contributed by atoms with Gasteiger partial charge < -0.3 is 5.32 Å². The molecule has 2 rings (SSSR count). The van der Waals surface area contributed by atoms with Crippen molar-refractivity contribution in [1.29, 1.82) is 0 Å². The van der Waals surface area contributed by atoms with Gasteiger partial charge in [-0.25, -0.2) is 0 Å². The van der Waals surface area contributed by atoms with Gasteiger partial charge >= 0.3 is 0 Å². The number of hydrogen-bond donors (Lipinski definition) is 1. The molecule has 17 heavy (non-hydrogen) atoms. The van der Waals surface area contributed by atoms with E-state index in [4.69, 9.17) is 0 Å². The molecule has 0 spiro atoms. The molecule has 2 nitrogen and oxygen atoms in total. The molecular weight excluding hydrogens is 296 g/mol. The maximum atomic E-state index is 3.58. The van der Waals surface area contributed by atoms with Crippen LogP contribution in [0.1, 0.15) is 31.2 Å². The predicted molar refractivity (Wildman–Crippen MR) is 78.7 cm³/mol. The first-order valence-electron chi connectivity index (χ1n) is 6.41. The summed E-state index contributed by atoms with van der Waals surface area (Å²) < 4.78 is 1.22. The van der Waals surface area contributed by atoms with E-state index in [0.717, 1.165) is 19.0 Å². The van der Waals surface area contributed by atoms with Crippen LogP contribution in [0.25, 0.3) is 0 Å². The maximum Gasteiger partial charge on any atom is 0.0468 e. The fourth-order valence-electron chi connectivity index (χ4n) is 2.49. The predicted octanol–water partition coefficient (Wildman–Crippen LogP) is 3.50. The Kier molecular flexibility index (Phi) is 5.03. The van der Waals surface area contributed by atoms with Gasteiger partial charge in [0, 0.05) is 47.0 Å². The first-order chi connectivity index (χ1) is 8.22. The van der Waals surface area contributed by atoms with E-state index in [1.54, 1.807) is 0 Å². The summed E-state index contributed by atoms with van der Waals surface area (Å²) in [6.07, 6.45) is 1.24. The van der Waals surface area contributed by atoms with Gasteiger partial charge in [-0.05, 0) is 27.9 Å². The molecule has 1 fully saturated rings. The van der Waals surface area contributed by atoms with Gasteiger partial charge in [-0.3, -0.25) is 4.90 Å². The number of piperazine rings is 1. The standard InChI is InChI=1S/C13H21BrN2S/c1-3-10(2)13(12-8-11(14)9-17-12)16-6-4-15-5-7-16/h8-10,13,15H,3-7H2,1-2H3/t10?,13-/m1/s1. The number of hydrogen-bond acceptors (Lipinski definition) is 3. The minimum atomic E-state index is 0.596. The smallest absolute Gasteiger partial charge is 0.0468 e. The Morgan fingerprint density at radius 2 is 2.18 bits per heavy atom. The largest absolute Gasteiger partial charge is 0.314 e. The molecule has 1 aliphatic heterocycles. The van der Waals surface area contributed by atoms with Gasteiger partial charge in [0.15, 0.2) is 0 Å². The number of nitrogens with zero attached hydrogens (tertiary/aromatic N) is 1. The molecular formula is C13H21BrN2S. The van der Waals surface area contributed by atoms with E-state index in [-0.39, 0.29) is 0 Å². The SMILES string of the molecule is CCC(C)[C@H](c1cc(Br)cs1)N1CCNCC1. The zero-order valence-electron chi connectivity index (χ0n) is 10.6. The van der Waals surface area contributed by atoms with Crippen molar-refractivity contribution in [2.75, 3.05) is 26.2 Å². The molecule has 1 aromatic rings. The quantitative estimate of drug-likeness (QED) is 0.914. The molecule has 0 aliphatic carbocycles. The Bertz CT molecular complexity index is 347. The van der Waals surface area contributed by atoms with Gasteiger partial charge in [0.2, 0.25) is 0 Å². The van der Waals surface area contributed by atoms with E-state index in [0.29, 0.717) is 6.04 Å². The van der Waals surface area contributed by atoms with Crippen LogP contribution >= 0.6 is 27.3 Å². The Labute approximate surface area is 117 Å². The fourth-order valence-corrected chi connectivity index (χ4v) is 4.20. The minimum Gasteiger partial charge on any atom is -0.314 e. The molecule has 0 amide bonds. The third-order valence-electron chi connectivity index (χ3n) is 3.61. The van der Waals surface area contributed by atoms with Crippen molar-refractivity contribution in [3.63, 3.8) is 0 Å². The zero-order chi connectivity index (χ0) is 12.3. The summed E-state index contributed by atoms with van der Waals surface area (Å²) in [5, 5.41) is 5.64. The Balaban J connectivity index is 2.17. The summed E-state index contributed by atoms with van der Waals surface area (Å²) in [6.45, 7) is 9.26. The van der Waals surface area contributed by atoms with Crippen molar-refractivity contribution in [3.05, 3.63) is 20.8 Å². The lowest BCUT2D eigenvalue weighted by molar-refractivity contribution is 0.131. The molecule has 4 heteroatoms. The molecule has 1 N–H and O–H groups in total. The highest BCUT2D eigenvalue weighted by atomic mass is 79.9. The lowest BCUT2D eigenvalue weighted by Crippen LogP contribution is -2.46. The molecule has 0 aromatic carbocycles. The topological polar surface area (TPSA) is 15.3 Å². The van der Waals surface area contributed by atoms with Crippen LogP contribution in [0.15, 0.2) is 15.9 Å². The third-order valence-corrected chi connectivity index (χ3v) is 5.37. The maximum absolute atomic E-state index is 3.58. The monoisotopic (exact) mass is 316 g/mol. The van der Waals surface area contributed by atoms with Gasteiger partial charge in [0.25, 0.3) is 0 Å². The molecule has 0 radical (unpaired) electrons. The van der Waals surface area contributed by atoms with Crippen LogP contribution in [0.4, 0.5) is 0 Å². The summed E-state index contributed by atoms with van der Waals surface area (Å²) >= 11 is 5.46. The van der Waals surface area contributed by atoms with Crippen molar-refractivity contribution in [3.8, 4) is 0 Å². The third kappa shape index (κ3) is 3.31. The Hall–Kier alpha value is 0.1000. The van der Waals surface area contributed by atoms with Gasteiger partial charge in [-0.2, -0.15) is 0 Å². The van der Waals surface area contributed by atoms with Crippen molar-refractivity contribution >= 4 is 27.3 Å². The normalized spacial score (nSPS) is 21.4. The van der Waals surface area contributed by atoms with Crippen molar-refractivity contribution in [2.24, 2.45) is 5.92 Å². The van der Waals surface area contributed by atoms with Gasteiger partial charge in [-0.15, -0.1) is 11.3 Å². The summed E-state index contributed by atoms with van der Waals surface area (Å²) in [6, 6.07) is 2.89. The second-order valence-corrected chi connectivity index (χ2v) is 6.64. The van der Waals surface area contributed by atoms with Gasteiger partial charge in [0.05, 0.1) is 0 Å². The Morgan fingerprint density at radius 3 is 2.71 bits per heavy atom. The van der Waals surface area contributed by atoms with Crippen LogP contribution in [0.2, 0.25) is 0 Å². The number of nitrogens with one attached hydrogen (secondary N) is 1. The van der Waals surface area contributed by atoms with Crippen LogP contribution in [-0.2, 0) is 0 Å². The average Bonchev–Trinajstić information content (AvgIpc) is 2.77. The molecule has 1 aliphatic rings. The molecule has 1 saturated heterocycles. The van der Waals surface area contributed by atoms with Crippen LogP contribution in [0, 0.1) is 5.92 Å². The summed E-state index contributed by atoms with van der Waals surface area (Å²) in [5.74, 6) is 0.721. The van der Waals surface area contributed by atoms with Crippen molar-refractivity contribution in [1.82, 2.24) is 10.2 Å². The molecule has 2 heterocycles. The molecule has 0 bridgehead atoms. The second kappa shape index (κ2) is 6.32. The molecule has 0 saturated carbocycles.